The van der Waals surface area contributed by atoms with E-state index >= 15 is 0 Å². The molecule has 0 aliphatic heterocycles. The molecule has 0 heterocycles. The number of aliphatic carboxylic acids is 3. The Labute approximate surface area is 433 Å². The number of rotatable bonds is 39. The number of aromatic hydroxyl groups is 1. The number of carboxylic acid groups (broad SMARTS) is 3. The van der Waals surface area contributed by atoms with Crippen molar-refractivity contribution >= 4 is 70.5 Å². The van der Waals surface area contributed by atoms with Gasteiger partial charge < -0.3 is 41.7 Å². The average molecular weight is 1040 g/mol. The van der Waals surface area contributed by atoms with Crippen molar-refractivity contribution in [2.24, 2.45) is 35.5 Å². The normalized spacial score (nSPS) is 16.7. The zero-order valence-corrected chi connectivity index (χ0v) is 43.6. The largest absolute Gasteiger partial charge is 0.508 e. The molecule has 1 saturated carbocycles. The molecule has 1 aromatic rings. The van der Waals surface area contributed by atoms with Crippen LogP contribution >= 0.6 is 0 Å². The minimum Gasteiger partial charge on any atom is -0.508 e. The van der Waals surface area contributed by atoms with E-state index in [0.717, 1.165) is 6.42 Å². The molecule has 1 aromatic carbocycles. The van der Waals surface area contributed by atoms with Gasteiger partial charge in [-0.25, -0.2) is 4.79 Å². The highest BCUT2D eigenvalue weighted by Crippen LogP contribution is 2.31. The van der Waals surface area contributed by atoms with Crippen LogP contribution in [0.25, 0.3) is 0 Å². The Kier molecular flexibility index (Phi) is 29.5. The lowest BCUT2D eigenvalue weighted by Gasteiger charge is -2.28. The molecule has 0 aromatic heterocycles. The number of ketones is 5. The van der Waals surface area contributed by atoms with E-state index < -0.39 is 96.4 Å². The van der Waals surface area contributed by atoms with Gasteiger partial charge in [0, 0.05) is 89.1 Å². The SMILES string of the molecule is CCCC[C@H](CC(=O)[C@@H](Cc1ccc(O)cc1)NC(C)=O)C(=O)C[C@@H](CCCCNC(=O)CC[C@H](CC(=O)CC[C@H](NC(=O)CC[C@H](CC(=O)C1CCC(CNC(=O)CC)CC1)C(=O)O)C(=O)O)C(=O)O)C(C)=O. The predicted molar refractivity (Wildman–Crippen MR) is 270 cm³/mol. The first-order valence-corrected chi connectivity index (χ1v) is 26.2. The predicted octanol–water partition coefficient (Wildman–Crippen LogP) is 5.22. The zero-order valence-electron chi connectivity index (χ0n) is 43.6. The first-order valence-electron chi connectivity index (χ1n) is 26.2. The summed E-state index contributed by atoms with van der Waals surface area (Å²) in [6.45, 7) is 7.11. The van der Waals surface area contributed by atoms with Crippen LogP contribution < -0.4 is 21.3 Å². The van der Waals surface area contributed by atoms with Crippen LogP contribution in [0.4, 0.5) is 0 Å². The smallest absolute Gasteiger partial charge is 0.326 e. The summed E-state index contributed by atoms with van der Waals surface area (Å²) in [6.07, 6.45) is 3.42. The Hall–Kier alpha value is -6.34. The molecule has 0 radical (unpaired) electrons. The first kappa shape index (κ1) is 63.8. The van der Waals surface area contributed by atoms with Crippen molar-refractivity contribution in [2.45, 2.75) is 181 Å². The van der Waals surface area contributed by atoms with Gasteiger partial charge >= 0.3 is 17.9 Å². The van der Waals surface area contributed by atoms with E-state index in [-0.39, 0.29) is 105 Å². The van der Waals surface area contributed by atoms with Gasteiger partial charge in [-0.3, -0.25) is 52.7 Å². The third-order valence-corrected chi connectivity index (χ3v) is 13.9. The highest BCUT2D eigenvalue weighted by atomic mass is 16.4. The van der Waals surface area contributed by atoms with Crippen LogP contribution in [-0.4, -0.2) is 116 Å². The Balaban J connectivity index is 1.80. The summed E-state index contributed by atoms with van der Waals surface area (Å²) in [5.41, 5.74) is 0.711. The minimum atomic E-state index is -1.54. The third kappa shape index (κ3) is 25.5. The van der Waals surface area contributed by atoms with Gasteiger partial charge in [-0.15, -0.1) is 0 Å². The van der Waals surface area contributed by atoms with E-state index in [1.165, 1.54) is 26.0 Å². The molecule has 4 amide bonds. The van der Waals surface area contributed by atoms with Crippen molar-refractivity contribution in [3.05, 3.63) is 29.8 Å². The van der Waals surface area contributed by atoms with Gasteiger partial charge in [-0.1, -0.05) is 45.2 Å². The lowest BCUT2D eigenvalue weighted by molar-refractivity contribution is -0.145. The molecule has 20 heteroatoms. The molecular formula is C54H80N4O16. The Morgan fingerprint density at radius 2 is 1.16 bits per heavy atom. The van der Waals surface area contributed by atoms with Gasteiger partial charge in [0.2, 0.25) is 23.6 Å². The van der Waals surface area contributed by atoms with E-state index in [1.807, 2.05) is 6.92 Å². The minimum absolute atomic E-state index is 0.0532. The lowest BCUT2D eigenvalue weighted by Crippen LogP contribution is -2.42. The molecule has 1 aliphatic carbocycles. The number of hydrogen-bond donors (Lipinski definition) is 8. The van der Waals surface area contributed by atoms with Crippen molar-refractivity contribution in [2.75, 3.05) is 13.1 Å². The number of amides is 4. The van der Waals surface area contributed by atoms with E-state index in [0.29, 0.717) is 76.3 Å². The topological polar surface area (TPSA) is 334 Å². The second-order valence-corrected chi connectivity index (χ2v) is 19.9. The van der Waals surface area contributed by atoms with Gasteiger partial charge in [0.1, 0.15) is 34.9 Å². The summed E-state index contributed by atoms with van der Waals surface area (Å²) >= 11 is 0. The average Bonchev–Trinajstić information content (AvgIpc) is 3.35. The highest BCUT2D eigenvalue weighted by molar-refractivity contribution is 5.94. The van der Waals surface area contributed by atoms with Crippen LogP contribution in [0.1, 0.15) is 168 Å². The van der Waals surface area contributed by atoms with Crippen LogP contribution in [-0.2, 0) is 64.0 Å². The van der Waals surface area contributed by atoms with Crippen molar-refractivity contribution in [1.82, 2.24) is 21.3 Å². The molecule has 0 unspecified atom stereocenters. The highest BCUT2D eigenvalue weighted by Gasteiger charge is 2.33. The zero-order chi connectivity index (χ0) is 55.3. The fourth-order valence-corrected chi connectivity index (χ4v) is 9.19. The Morgan fingerprint density at radius 1 is 0.568 bits per heavy atom. The molecule has 0 spiro atoms. The molecular weight excluding hydrogens is 961 g/mol. The second kappa shape index (κ2) is 34.2. The maximum Gasteiger partial charge on any atom is 0.326 e. The maximum absolute atomic E-state index is 13.6. The Bertz CT molecular complexity index is 2080. The fraction of sp³-hybridized carbons (Fsp3) is 0.667. The molecule has 6 atom stereocenters. The molecule has 74 heavy (non-hydrogen) atoms. The Morgan fingerprint density at radius 3 is 1.73 bits per heavy atom. The summed E-state index contributed by atoms with van der Waals surface area (Å²) in [5.74, 6) is -11.1. The number of phenols is 1. The summed E-state index contributed by atoms with van der Waals surface area (Å²) in [5, 5.41) is 49.4. The monoisotopic (exact) mass is 1040 g/mol. The molecule has 2 rings (SSSR count). The molecule has 0 saturated heterocycles. The number of nitrogens with one attached hydrogen (secondary N) is 4. The number of hydrogen-bond acceptors (Lipinski definition) is 13. The van der Waals surface area contributed by atoms with Crippen molar-refractivity contribution in [1.29, 1.82) is 0 Å². The van der Waals surface area contributed by atoms with E-state index in [9.17, 15) is 78.0 Å². The molecule has 1 aliphatic rings. The molecule has 0 bridgehead atoms. The lowest BCUT2D eigenvalue weighted by atomic mass is 9.78. The number of Topliss-reactive ketones (excluding diaryl/α,β-unsaturated/α-hetero) is 5. The van der Waals surface area contributed by atoms with Crippen molar-refractivity contribution in [3.8, 4) is 5.75 Å². The van der Waals surface area contributed by atoms with Gasteiger partial charge in [0.15, 0.2) is 5.78 Å². The molecule has 20 nitrogen and oxygen atoms in total. The van der Waals surface area contributed by atoms with E-state index in [1.54, 1.807) is 19.1 Å². The van der Waals surface area contributed by atoms with E-state index in [2.05, 4.69) is 21.3 Å². The number of benzene rings is 1. The molecule has 1 fully saturated rings. The van der Waals surface area contributed by atoms with Crippen LogP contribution in [0, 0.1) is 35.5 Å². The maximum atomic E-state index is 13.6. The van der Waals surface area contributed by atoms with Crippen molar-refractivity contribution < 1.29 is 78.0 Å². The summed E-state index contributed by atoms with van der Waals surface area (Å²) < 4.78 is 0. The van der Waals surface area contributed by atoms with Gasteiger partial charge in [0.05, 0.1) is 17.9 Å². The van der Waals surface area contributed by atoms with Gasteiger partial charge in [-0.2, -0.15) is 0 Å². The van der Waals surface area contributed by atoms with E-state index in [4.69, 9.17) is 0 Å². The summed E-state index contributed by atoms with van der Waals surface area (Å²) in [4.78, 5) is 151. The third-order valence-electron chi connectivity index (χ3n) is 13.9. The number of unbranched alkanes of at least 4 members (excludes halogenated alkanes) is 2. The van der Waals surface area contributed by atoms with Crippen molar-refractivity contribution in [3.63, 3.8) is 0 Å². The van der Waals surface area contributed by atoms with Crippen LogP contribution in [0.15, 0.2) is 24.3 Å². The van der Waals surface area contributed by atoms with Crippen LogP contribution in [0.2, 0.25) is 0 Å². The van der Waals surface area contributed by atoms with Crippen LogP contribution in [0.3, 0.4) is 0 Å². The van der Waals surface area contributed by atoms with Gasteiger partial charge in [0.25, 0.3) is 0 Å². The number of phenolic OH excluding ortho intramolecular Hbond substituents is 1. The van der Waals surface area contributed by atoms with Gasteiger partial charge in [-0.05, 0) is 101 Å². The number of carbonyl (C=O) groups excluding carboxylic acids is 9. The molecule has 8 N–H and O–H groups in total. The summed E-state index contributed by atoms with van der Waals surface area (Å²) in [7, 11) is 0. The fourth-order valence-electron chi connectivity index (χ4n) is 9.19. The number of carbonyl (C=O) groups is 12. The number of carboxylic acids is 3. The van der Waals surface area contributed by atoms with Crippen LogP contribution in [0.5, 0.6) is 5.75 Å². The first-order chi connectivity index (χ1) is 35.0. The second-order valence-electron chi connectivity index (χ2n) is 19.9. The molecule has 412 valence electrons. The summed E-state index contributed by atoms with van der Waals surface area (Å²) in [6, 6.07) is 3.82. The standard InChI is InChI=1S/C54H80N4O16/c1-5-7-10-39(30-48(65)45(57-34(4)60)27-35-14-20-42(61)21-15-35)47(64)29-38(33(3)59)11-8-9-26-55-50(67)24-18-40(52(69)70)28-43(62)22-23-44(54(73)74)58-51(68)25-19-41(53(71)72)31-46(63)37-16-12-36(13-17-37)32-56-49(66)6-2/h14-15,20-21,36-41,44-45,61H,5-13,16-19,22-32H2,1-4H3,(H,55,67)(H,56,66)(H,57,60)(H,58,68)(H,69,70)(H,71,72)(H,73,74)/t36?,37?,38-,39-,40-,41-,44+,45-/m1/s1. The quantitative estimate of drug-likeness (QED) is 0.0392.